The summed E-state index contributed by atoms with van der Waals surface area (Å²) in [6, 6.07) is 0. The van der Waals surface area contributed by atoms with Crippen LogP contribution >= 0.6 is 0 Å². The molecule has 1 fully saturated rings. The van der Waals surface area contributed by atoms with Crippen molar-refractivity contribution in [3.05, 3.63) is 0 Å². The Kier molecular flexibility index (Phi) is 7.48. The molecule has 0 radical (unpaired) electrons. The lowest BCUT2D eigenvalue weighted by molar-refractivity contribution is -0.143. The highest BCUT2D eigenvalue weighted by Gasteiger charge is 2.25. The Balaban J connectivity index is 1.93. The summed E-state index contributed by atoms with van der Waals surface area (Å²) < 4.78 is 5.73. The molecule has 0 aliphatic heterocycles. The molecule has 0 amide bonds. The third-order valence-corrected chi connectivity index (χ3v) is 3.66. The first-order valence-electron chi connectivity index (χ1n) is 7.16. The van der Waals surface area contributed by atoms with E-state index in [1.165, 1.54) is 0 Å². The molecular weight excluding hydrogens is 248 g/mol. The third-order valence-electron chi connectivity index (χ3n) is 3.66. The van der Waals surface area contributed by atoms with E-state index >= 15 is 0 Å². The van der Waals surface area contributed by atoms with Crippen molar-refractivity contribution < 1.29 is 24.5 Å². The first-order valence-corrected chi connectivity index (χ1v) is 7.16. The van der Waals surface area contributed by atoms with Crippen molar-refractivity contribution in [2.24, 2.45) is 5.92 Å². The number of ether oxygens (including phenoxy) is 1. The first-order chi connectivity index (χ1) is 9.09. The molecule has 0 unspecified atom stereocenters. The lowest BCUT2D eigenvalue weighted by Gasteiger charge is -2.26. The zero-order chi connectivity index (χ0) is 14.1. The summed E-state index contributed by atoms with van der Waals surface area (Å²) in [5.74, 6) is -1.60. The third kappa shape index (κ3) is 7.15. The number of carboxylic acids is 2. The molecule has 1 rings (SSSR count). The fourth-order valence-corrected chi connectivity index (χ4v) is 2.46. The van der Waals surface area contributed by atoms with Gasteiger partial charge in [0.25, 0.3) is 0 Å². The predicted molar refractivity (Wildman–Crippen MR) is 70.1 cm³/mol. The minimum Gasteiger partial charge on any atom is -0.481 e. The molecule has 0 aromatic carbocycles. The van der Waals surface area contributed by atoms with Crippen molar-refractivity contribution in [1.82, 2.24) is 0 Å². The Labute approximate surface area is 114 Å². The molecule has 0 spiro atoms. The highest BCUT2D eigenvalue weighted by Crippen LogP contribution is 2.26. The molecule has 0 saturated heterocycles. The van der Waals surface area contributed by atoms with Crippen molar-refractivity contribution in [1.29, 1.82) is 0 Å². The van der Waals surface area contributed by atoms with E-state index < -0.39 is 11.9 Å². The van der Waals surface area contributed by atoms with E-state index in [4.69, 9.17) is 14.9 Å². The van der Waals surface area contributed by atoms with Crippen LogP contribution in [0.2, 0.25) is 0 Å². The van der Waals surface area contributed by atoms with Gasteiger partial charge in [0.2, 0.25) is 0 Å². The molecule has 0 aromatic heterocycles. The van der Waals surface area contributed by atoms with Gasteiger partial charge in [-0.2, -0.15) is 0 Å². The number of aliphatic carboxylic acids is 2. The molecular formula is C14H24O5. The van der Waals surface area contributed by atoms with Gasteiger partial charge in [-0.15, -0.1) is 0 Å². The SMILES string of the molecule is O=C(O)CCCCCCOC1CCC(C(=O)O)CC1. The highest BCUT2D eigenvalue weighted by atomic mass is 16.5. The molecule has 0 aromatic rings. The second-order valence-corrected chi connectivity index (χ2v) is 5.24. The van der Waals surface area contributed by atoms with Gasteiger partial charge in [0, 0.05) is 13.0 Å². The maximum absolute atomic E-state index is 10.8. The molecule has 110 valence electrons. The molecule has 1 saturated carbocycles. The van der Waals surface area contributed by atoms with Crippen LogP contribution in [0.15, 0.2) is 0 Å². The van der Waals surface area contributed by atoms with Gasteiger partial charge in [-0.1, -0.05) is 12.8 Å². The number of hydrogen-bond donors (Lipinski definition) is 2. The largest absolute Gasteiger partial charge is 0.481 e. The topological polar surface area (TPSA) is 83.8 Å². The van der Waals surface area contributed by atoms with E-state index in [1.807, 2.05) is 0 Å². The van der Waals surface area contributed by atoms with Gasteiger partial charge < -0.3 is 14.9 Å². The van der Waals surface area contributed by atoms with Crippen LogP contribution in [0, 0.1) is 5.92 Å². The summed E-state index contributed by atoms with van der Waals surface area (Å²) >= 11 is 0. The van der Waals surface area contributed by atoms with Crippen LogP contribution in [0.1, 0.15) is 57.8 Å². The second-order valence-electron chi connectivity index (χ2n) is 5.24. The van der Waals surface area contributed by atoms with Gasteiger partial charge in [0.05, 0.1) is 12.0 Å². The van der Waals surface area contributed by atoms with E-state index in [0.29, 0.717) is 6.61 Å². The zero-order valence-corrected chi connectivity index (χ0v) is 11.3. The average molecular weight is 272 g/mol. The monoisotopic (exact) mass is 272 g/mol. The smallest absolute Gasteiger partial charge is 0.306 e. The Morgan fingerprint density at radius 1 is 0.947 bits per heavy atom. The summed E-state index contributed by atoms with van der Waals surface area (Å²) in [5, 5.41) is 17.4. The molecule has 1 aliphatic rings. The summed E-state index contributed by atoms with van der Waals surface area (Å²) in [7, 11) is 0. The summed E-state index contributed by atoms with van der Waals surface area (Å²) in [6.45, 7) is 0.704. The maximum Gasteiger partial charge on any atom is 0.306 e. The van der Waals surface area contributed by atoms with E-state index in [1.54, 1.807) is 0 Å². The molecule has 0 atom stereocenters. The minimum absolute atomic E-state index is 0.184. The average Bonchev–Trinajstić information content (AvgIpc) is 2.38. The number of hydrogen-bond acceptors (Lipinski definition) is 3. The zero-order valence-electron chi connectivity index (χ0n) is 11.3. The van der Waals surface area contributed by atoms with Gasteiger partial charge in [-0.25, -0.2) is 0 Å². The summed E-state index contributed by atoms with van der Waals surface area (Å²) in [5.41, 5.74) is 0. The van der Waals surface area contributed by atoms with Gasteiger partial charge >= 0.3 is 11.9 Å². The normalized spacial score (nSPS) is 23.2. The van der Waals surface area contributed by atoms with Gasteiger partial charge in [-0.05, 0) is 38.5 Å². The molecule has 0 bridgehead atoms. The van der Waals surface area contributed by atoms with Crippen molar-refractivity contribution in [2.45, 2.75) is 63.9 Å². The Hall–Kier alpha value is -1.10. The van der Waals surface area contributed by atoms with E-state index in [-0.39, 0.29) is 18.4 Å². The van der Waals surface area contributed by atoms with Crippen LogP contribution in [0.25, 0.3) is 0 Å². The standard InChI is InChI=1S/C14H24O5/c15-13(16)5-3-1-2-4-10-19-12-8-6-11(7-9-12)14(17)18/h11-12H,1-10H2,(H,15,16)(H,17,18). The van der Waals surface area contributed by atoms with Crippen LogP contribution < -0.4 is 0 Å². The Bertz CT molecular complexity index is 282. The van der Waals surface area contributed by atoms with Crippen LogP contribution in [0.3, 0.4) is 0 Å². The Morgan fingerprint density at radius 2 is 1.58 bits per heavy atom. The van der Waals surface area contributed by atoms with Gasteiger partial charge in [-0.3, -0.25) is 9.59 Å². The van der Waals surface area contributed by atoms with Crippen LogP contribution in [-0.4, -0.2) is 34.9 Å². The van der Waals surface area contributed by atoms with Crippen molar-refractivity contribution in [2.75, 3.05) is 6.61 Å². The fourth-order valence-electron chi connectivity index (χ4n) is 2.46. The second kappa shape index (κ2) is 8.91. The molecule has 5 heteroatoms. The van der Waals surface area contributed by atoms with E-state index in [9.17, 15) is 9.59 Å². The molecule has 19 heavy (non-hydrogen) atoms. The van der Waals surface area contributed by atoms with Crippen molar-refractivity contribution >= 4 is 11.9 Å². The summed E-state index contributed by atoms with van der Waals surface area (Å²) in [6.07, 6.45) is 7.22. The summed E-state index contributed by atoms with van der Waals surface area (Å²) in [4.78, 5) is 21.1. The first kappa shape index (κ1) is 16.0. The number of carboxylic acid groups (broad SMARTS) is 2. The lowest BCUT2D eigenvalue weighted by Crippen LogP contribution is -2.26. The fraction of sp³-hybridized carbons (Fsp3) is 0.857. The number of rotatable bonds is 9. The Morgan fingerprint density at radius 3 is 2.16 bits per heavy atom. The molecule has 2 N–H and O–H groups in total. The predicted octanol–water partition coefficient (Wildman–Crippen LogP) is 2.68. The van der Waals surface area contributed by atoms with Crippen LogP contribution in [0.5, 0.6) is 0 Å². The molecule has 1 aliphatic carbocycles. The van der Waals surface area contributed by atoms with E-state index in [2.05, 4.69) is 0 Å². The highest BCUT2D eigenvalue weighted by molar-refractivity contribution is 5.70. The maximum atomic E-state index is 10.8. The number of unbranched alkanes of at least 4 members (excludes halogenated alkanes) is 3. The number of carbonyl (C=O) groups is 2. The van der Waals surface area contributed by atoms with Crippen molar-refractivity contribution in [3.8, 4) is 0 Å². The van der Waals surface area contributed by atoms with E-state index in [0.717, 1.165) is 51.4 Å². The van der Waals surface area contributed by atoms with Crippen LogP contribution in [-0.2, 0) is 14.3 Å². The molecule has 0 heterocycles. The van der Waals surface area contributed by atoms with Gasteiger partial charge in [0.15, 0.2) is 0 Å². The van der Waals surface area contributed by atoms with Crippen molar-refractivity contribution in [3.63, 3.8) is 0 Å². The van der Waals surface area contributed by atoms with Gasteiger partial charge in [0.1, 0.15) is 0 Å². The van der Waals surface area contributed by atoms with Crippen LogP contribution in [0.4, 0.5) is 0 Å². The quantitative estimate of drug-likeness (QED) is 0.630. The molecule has 5 nitrogen and oxygen atoms in total. The lowest BCUT2D eigenvalue weighted by atomic mass is 9.87. The minimum atomic E-state index is -0.730.